The van der Waals surface area contributed by atoms with Crippen LogP contribution in [0.4, 0.5) is 13.2 Å². The molecule has 1 spiro atoms. The van der Waals surface area contributed by atoms with Gasteiger partial charge < -0.3 is 10.2 Å². The van der Waals surface area contributed by atoms with Crippen LogP contribution in [-0.4, -0.2) is 30.4 Å². The summed E-state index contributed by atoms with van der Waals surface area (Å²) in [7, 11) is 0. The van der Waals surface area contributed by atoms with Crippen molar-refractivity contribution in [3.05, 3.63) is 71.3 Å². The van der Waals surface area contributed by atoms with Crippen molar-refractivity contribution >= 4 is 5.91 Å². The molecule has 2 aromatic rings. The van der Waals surface area contributed by atoms with Crippen molar-refractivity contribution in [3.8, 4) is 0 Å². The van der Waals surface area contributed by atoms with Crippen molar-refractivity contribution in [2.75, 3.05) is 19.6 Å². The van der Waals surface area contributed by atoms with Crippen LogP contribution in [-0.2, 0) is 17.5 Å². The third kappa shape index (κ3) is 3.41. The number of carbonyl (C=O) groups excluding carboxylic acids is 1. The fourth-order valence-corrected chi connectivity index (χ4v) is 4.67. The predicted molar refractivity (Wildman–Crippen MR) is 101 cm³/mol. The summed E-state index contributed by atoms with van der Waals surface area (Å²) >= 11 is 0. The van der Waals surface area contributed by atoms with E-state index in [-0.39, 0.29) is 11.8 Å². The topological polar surface area (TPSA) is 32.3 Å². The van der Waals surface area contributed by atoms with Gasteiger partial charge in [-0.3, -0.25) is 4.79 Å². The van der Waals surface area contributed by atoms with Gasteiger partial charge in [0.05, 0.1) is 11.0 Å². The Morgan fingerprint density at radius 3 is 2.43 bits per heavy atom. The van der Waals surface area contributed by atoms with Crippen molar-refractivity contribution in [3.63, 3.8) is 0 Å². The van der Waals surface area contributed by atoms with E-state index in [4.69, 9.17) is 0 Å². The molecule has 0 aliphatic carbocycles. The summed E-state index contributed by atoms with van der Waals surface area (Å²) in [6.07, 6.45) is -3.08. The van der Waals surface area contributed by atoms with Crippen LogP contribution in [0.3, 0.4) is 0 Å². The van der Waals surface area contributed by atoms with E-state index in [9.17, 15) is 18.0 Å². The Morgan fingerprint density at radius 1 is 1.04 bits per heavy atom. The number of alkyl halides is 3. The summed E-state index contributed by atoms with van der Waals surface area (Å²) < 4.78 is 39.7. The van der Waals surface area contributed by atoms with Crippen molar-refractivity contribution < 1.29 is 18.0 Å². The highest BCUT2D eigenvalue weighted by atomic mass is 19.4. The quantitative estimate of drug-likeness (QED) is 0.855. The lowest BCUT2D eigenvalue weighted by Crippen LogP contribution is -2.44. The van der Waals surface area contributed by atoms with Crippen LogP contribution in [0.15, 0.2) is 54.6 Å². The minimum Gasteiger partial charge on any atom is -0.337 e. The summed E-state index contributed by atoms with van der Waals surface area (Å²) in [5, 5.41) is 3.28. The van der Waals surface area contributed by atoms with E-state index in [0.29, 0.717) is 44.6 Å². The molecule has 3 nitrogen and oxygen atoms in total. The molecule has 2 fully saturated rings. The number of nitrogens with zero attached hydrogens (tertiary/aromatic N) is 1. The third-order valence-corrected chi connectivity index (χ3v) is 6.11. The lowest BCUT2D eigenvalue weighted by Gasteiger charge is -2.37. The number of nitrogens with one attached hydrogen (secondary N) is 1. The maximum absolute atomic E-state index is 13.4. The van der Waals surface area contributed by atoms with Gasteiger partial charge in [0.15, 0.2) is 0 Å². The molecule has 4 rings (SSSR count). The molecule has 1 atom stereocenters. The average Bonchev–Trinajstić information content (AvgIpc) is 2.95. The zero-order valence-corrected chi connectivity index (χ0v) is 15.5. The molecule has 2 aliphatic heterocycles. The minimum atomic E-state index is -4.39. The third-order valence-electron chi connectivity index (χ3n) is 6.11. The van der Waals surface area contributed by atoms with Gasteiger partial charge in [0.2, 0.25) is 5.91 Å². The largest absolute Gasteiger partial charge is 0.416 e. The van der Waals surface area contributed by atoms with E-state index in [1.807, 2.05) is 35.2 Å². The Hall–Kier alpha value is -2.34. The zero-order valence-electron chi connectivity index (χ0n) is 15.5. The van der Waals surface area contributed by atoms with Crippen molar-refractivity contribution in [1.82, 2.24) is 10.2 Å². The molecule has 1 N–H and O–H groups in total. The highest BCUT2D eigenvalue weighted by Gasteiger charge is 2.54. The summed E-state index contributed by atoms with van der Waals surface area (Å²) in [5.41, 5.74) is 0.373. The van der Waals surface area contributed by atoms with Gasteiger partial charge in [-0.2, -0.15) is 13.2 Å². The summed E-state index contributed by atoms with van der Waals surface area (Å²) in [5.74, 6) is -0.159. The number of carbonyl (C=O) groups is 1. The standard InChI is InChI=1S/C22H23F3N2O/c23-22(24,25)18-8-4-7-17(13-18)19-15-27(14-16-5-2-1-3-6-16)20(28)21(19)9-11-26-12-10-21/h1-8,13,19,26H,9-12,14-15H2. The summed E-state index contributed by atoms with van der Waals surface area (Å²) in [6.45, 7) is 2.36. The fraction of sp³-hybridized carbons (Fsp3) is 0.409. The van der Waals surface area contributed by atoms with Gasteiger partial charge in [-0.1, -0.05) is 48.5 Å². The molecule has 0 bridgehead atoms. The molecule has 2 saturated heterocycles. The average molecular weight is 388 g/mol. The van der Waals surface area contributed by atoms with Gasteiger partial charge in [0, 0.05) is 19.0 Å². The van der Waals surface area contributed by atoms with Gasteiger partial charge in [-0.05, 0) is 43.1 Å². The molecule has 2 aliphatic rings. The molecular formula is C22H23F3N2O. The first-order valence-corrected chi connectivity index (χ1v) is 9.61. The van der Waals surface area contributed by atoms with Gasteiger partial charge in [0.25, 0.3) is 0 Å². The van der Waals surface area contributed by atoms with E-state index < -0.39 is 17.2 Å². The lowest BCUT2D eigenvalue weighted by molar-refractivity contribution is -0.138. The Labute approximate surface area is 162 Å². The van der Waals surface area contributed by atoms with Crippen molar-refractivity contribution in [2.24, 2.45) is 5.41 Å². The minimum absolute atomic E-state index is 0.0697. The number of benzene rings is 2. The first kappa shape index (κ1) is 19.0. The molecule has 1 amide bonds. The molecule has 148 valence electrons. The van der Waals surface area contributed by atoms with Crippen molar-refractivity contribution in [1.29, 1.82) is 0 Å². The second-order valence-corrected chi connectivity index (χ2v) is 7.75. The molecule has 0 aromatic heterocycles. The van der Waals surface area contributed by atoms with Crippen LogP contribution < -0.4 is 5.32 Å². The summed E-state index contributed by atoms with van der Waals surface area (Å²) in [6, 6.07) is 15.3. The van der Waals surface area contributed by atoms with Crippen LogP contribution in [0, 0.1) is 5.41 Å². The van der Waals surface area contributed by atoms with Gasteiger partial charge in [-0.15, -0.1) is 0 Å². The van der Waals surface area contributed by atoms with E-state index in [2.05, 4.69) is 5.32 Å². The first-order chi connectivity index (χ1) is 13.4. The van der Waals surface area contributed by atoms with Crippen LogP contribution in [0.25, 0.3) is 0 Å². The molecule has 1 unspecified atom stereocenters. The molecule has 28 heavy (non-hydrogen) atoms. The molecule has 0 saturated carbocycles. The van der Waals surface area contributed by atoms with Crippen LogP contribution in [0.5, 0.6) is 0 Å². The number of halogens is 3. The maximum Gasteiger partial charge on any atom is 0.416 e. The number of piperidine rings is 1. The SMILES string of the molecule is O=C1N(Cc2ccccc2)CC(c2cccc(C(F)(F)F)c2)C12CCNCC2. The van der Waals surface area contributed by atoms with Gasteiger partial charge in [-0.25, -0.2) is 0 Å². The van der Waals surface area contributed by atoms with E-state index in [1.165, 1.54) is 12.1 Å². The Bertz CT molecular complexity index is 844. The van der Waals surface area contributed by atoms with Gasteiger partial charge >= 0.3 is 6.18 Å². The number of hydrogen-bond donors (Lipinski definition) is 1. The lowest BCUT2D eigenvalue weighted by atomic mass is 9.68. The monoisotopic (exact) mass is 388 g/mol. The van der Waals surface area contributed by atoms with Gasteiger partial charge in [0.1, 0.15) is 0 Å². The van der Waals surface area contributed by atoms with Crippen LogP contribution in [0.2, 0.25) is 0 Å². The second kappa shape index (κ2) is 7.24. The van der Waals surface area contributed by atoms with E-state index in [1.54, 1.807) is 6.07 Å². The molecule has 2 heterocycles. The number of rotatable bonds is 3. The highest BCUT2D eigenvalue weighted by Crippen LogP contribution is 2.50. The molecule has 6 heteroatoms. The van der Waals surface area contributed by atoms with Crippen LogP contribution in [0.1, 0.15) is 35.4 Å². The maximum atomic E-state index is 13.4. The van der Waals surface area contributed by atoms with Crippen molar-refractivity contribution in [2.45, 2.75) is 31.5 Å². The molecule has 2 aromatic carbocycles. The summed E-state index contributed by atoms with van der Waals surface area (Å²) in [4.78, 5) is 15.3. The fourth-order valence-electron chi connectivity index (χ4n) is 4.67. The van der Waals surface area contributed by atoms with E-state index in [0.717, 1.165) is 11.6 Å². The van der Waals surface area contributed by atoms with E-state index >= 15 is 0 Å². The van der Waals surface area contributed by atoms with Crippen LogP contribution >= 0.6 is 0 Å². The molecule has 0 radical (unpaired) electrons. The zero-order chi connectivity index (χ0) is 19.8. The Balaban J connectivity index is 1.69. The smallest absolute Gasteiger partial charge is 0.337 e. The number of likely N-dealkylation sites (tertiary alicyclic amines) is 1. The molecular weight excluding hydrogens is 365 g/mol. The Kier molecular flexibility index (Phi) is 4.91. The number of amides is 1. The highest BCUT2D eigenvalue weighted by molar-refractivity contribution is 5.87. The number of hydrogen-bond acceptors (Lipinski definition) is 2. The predicted octanol–water partition coefficient (Wildman–Crippen LogP) is 4.20. The normalized spacial score (nSPS) is 22.0. The Morgan fingerprint density at radius 2 is 1.75 bits per heavy atom. The first-order valence-electron chi connectivity index (χ1n) is 9.61. The second-order valence-electron chi connectivity index (χ2n) is 7.75.